The smallest absolute Gasteiger partial charge is 0.328 e. The molecule has 1 rings (SSSR count). The lowest BCUT2D eigenvalue weighted by molar-refractivity contribution is -0.131. The third kappa shape index (κ3) is 2.66. The van der Waals surface area contributed by atoms with Crippen molar-refractivity contribution in [1.82, 2.24) is 9.97 Å². The summed E-state index contributed by atoms with van der Waals surface area (Å²) in [4.78, 5) is 16.7. The molecule has 1 heterocycles. The van der Waals surface area contributed by atoms with Crippen LogP contribution in [0.2, 0.25) is 0 Å². The topological polar surface area (TPSA) is 66.0 Å². The highest BCUT2D eigenvalue weighted by atomic mass is 16.4. The largest absolute Gasteiger partial charge is 0.478 e. The van der Waals surface area contributed by atoms with Gasteiger partial charge in [0.2, 0.25) is 0 Å². The van der Waals surface area contributed by atoms with Gasteiger partial charge in [-0.05, 0) is 6.08 Å². The van der Waals surface area contributed by atoms with E-state index in [4.69, 9.17) is 5.11 Å². The molecule has 57 valence electrons. The molecule has 0 saturated carbocycles. The average Bonchev–Trinajstić information content (AvgIpc) is 2.39. The summed E-state index contributed by atoms with van der Waals surface area (Å²) >= 11 is 0. The highest BCUT2D eigenvalue weighted by Crippen LogP contribution is 1.89. The Kier molecular flexibility index (Phi) is 2.43. The van der Waals surface area contributed by atoms with Crippen molar-refractivity contribution in [3.8, 4) is 0 Å². The maximum atomic E-state index is 9.98. The van der Waals surface area contributed by atoms with Gasteiger partial charge in [-0.2, -0.15) is 0 Å². The van der Waals surface area contributed by atoms with Gasteiger partial charge in [0.1, 0.15) is 5.82 Å². The maximum Gasteiger partial charge on any atom is 0.328 e. The number of hydrogen-bond acceptors (Lipinski definition) is 2. The number of nitrogens with one attached hydrogen (secondary N) is 1. The average molecular weight is 151 g/mol. The van der Waals surface area contributed by atoms with Gasteiger partial charge in [-0.3, -0.25) is 0 Å². The lowest BCUT2D eigenvalue weighted by Gasteiger charge is -1.84. The molecule has 1 aromatic heterocycles. The van der Waals surface area contributed by atoms with E-state index in [1.165, 1.54) is 0 Å². The molecule has 0 aliphatic carbocycles. The second-order valence-electron chi connectivity index (χ2n) is 1.90. The van der Waals surface area contributed by atoms with E-state index >= 15 is 0 Å². The Morgan fingerprint density at radius 3 is 3.27 bits per heavy atom. The SMILES string of the molecule is O=C(O)/C=[C]/Cc1ncc[nH]1. The number of allylic oxidation sites excluding steroid dienone is 1. The van der Waals surface area contributed by atoms with Crippen LogP contribution in [0.15, 0.2) is 18.5 Å². The lowest BCUT2D eigenvalue weighted by Crippen LogP contribution is -1.89. The Balaban J connectivity index is 2.40. The Labute approximate surface area is 63.6 Å². The molecule has 1 aromatic rings. The highest BCUT2D eigenvalue weighted by molar-refractivity contribution is 5.79. The molecule has 4 heteroatoms. The van der Waals surface area contributed by atoms with Crippen molar-refractivity contribution in [2.75, 3.05) is 0 Å². The van der Waals surface area contributed by atoms with Crippen LogP contribution in [-0.2, 0) is 11.2 Å². The van der Waals surface area contributed by atoms with E-state index in [1.807, 2.05) is 0 Å². The molecule has 0 saturated heterocycles. The first-order valence-electron chi connectivity index (χ1n) is 3.07. The highest BCUT2D eigenvalue weighted by Gasteiger charge is 1.90. The Morgan fingerprint density at radius 2 is 2.73 bits per heavy atom. The molecule has 11 heavy (non-hydrogen) atoms. The van der Waals surface area contributed by atoms with Gasteiger partial charge in [-0.25, -0.2) is 9.78 Å². The van der Waals surface area contributed by atoms with E-state index in [0.29, 0.717) is 12.2 Å². The molecule has 0 spiro atoms. The van der Waals surface area contributed by atoms with Crippen molar-refractivity contribution in [3.05, 3.63) is 30.4 Å². The van der Waals surface area contributed by atoms with Crippen LogP contribution in [0.1, 0.15) is 5.82 Å². The molecule has 1 radical (unpaired) electrons. The van der Waals surface area contributed by atoms with Gasteiger partial charge in [0.15, 0.2) is 0 Å². The van der Waals surface area contributed by atoms with Crippen LogP contribution in [-0.4, -0.2) is 21.0 Å². The Hall–Kier alpha value is -1.58. The van der Waals surface area contributed by atoms with E-state index in [1.54, 1.807) is 12.4 Å². The van der Waals surface area contributed by atoms with Crippen molar-refractivity contribution < 1.29 is 9.90 Å². The molecule has 0 atom stereocenters. The Bertz CT molecular complexity index is 251. The number of carbonyl (C=O) groups is 1. The number of rotatable bonds is 3. The Morgan fingerprint density at radius 1 is 1.91 bits per heavy atom. The zero-order valence-corrected chi connectivity index (χ0v) is 5.74. The maximum absolute atomic E-state index is 9.98. The third-order valence-electron chi connectivity index (χ3n) is 1.05. The molecular weight excluding hydrogens is 144 g/mol. The van der Waals surface area contributed by atoms with Gasteiger partial charge in [0, 0.05) is 24.9 Å². The number of aliphatic carboxylic acids is 1. The van der Waals surface area contributed by atoms with Gasteiger partial charge in [0.25, 0.3) is 0 Å². The molecule has 4 nitrogen and oxygen atoms in total. The quantitative estimate of drug-likeness (QED) is 0.614. The van der Waals surface area contributed by atoms with Crippen molar-refractivity contribution in [1.29, 1.82) is 0 Å². The molecule has 0 aromatic carbocycles. The van der Waals surface area contributed by atoms with Crippen molar-refractivity contribution >= 4 is 5.97 Å². The molecule has 0 aliphatic heterocycles. The van der Waals surface area contributed by atoms with E-state index in [9.17, 15) is 4.79 Å². The molecule has 0 unspecified atom stereocenters. The van der Waals surface area contributed by atoms with Crippen LogP contribution in [0.5, 0.6) is 0 Å². The van der Waals surface area contributed by atoms with Gasteiger partial charge in [-0.1, -0.05) is 0 Å². The number of imidazole rings is 1. The minimum atomic E-state index is -0.989. The summed E-state index contributed by atoms with van der Waals surface area (Å²) < 4.78 is 0. The molecule has 0 amide bonds. The number of hydrogen-bond donors (Lipinski definition) is 2. The molecule has 0 aliphatic rings. The summed E-state index contributed by atoms with van der Waals surface area (Å²) in [6.45, 7) is 0. The minimum Gasteiger partial charge on any atom is -0.478 e. The number of aromatic amines is 1. The fraction of sp³-hybridized carbons (Fsp3) is 0.143. The van der Waals surface area contributed by atoms with Gasteiger partial charge in [0.05, 0.1) is 0 Å². The first kappa shape index (κ1) is 7.53. The van der Waals surface area contributed by atoms with Gasteiger partial charge < -0.3 is 10.1 Å². The minimum absolute atomic E-state index is 0.402. The summed E-state index contributed by atoms with van der Waals surface area (Å²) in [5, 5.41) is 8.19. The molecule has 0 fully saturated rings. The lowest BCUT2D eigenvalue weighted by atomic mass is 10.3. The third-order valence-corrected chi connectivity index (χ3v) is 1.05. The first-order valence-corrected chi connectivity index (χ1v) is 3.07. The summed E-state index contributed by atoms with van der Waals surface area (Å²) in [5.74, 6) is -0.279. The molecule has 0 bridgehead atoms. The molecule has 2 N–H and O–H groups in total. The first-order chi connectivity index (χ1) is 5.29. The van der Waals surface area contributed by atoms with Crippen molar-refractivity contribution in [2.45, 2.75) is 6.42 Å². The summed E-state index contributed by atoms with van der Waals surface area (Å²) in [7, 11) is 0. The summed E-state index contributed by atoms with van der Waals surface area (Å²) in [5.41, 5.74) is 0. The van der Waals surface area contributed by atoms with Crippen LogP contribution in [0, 0.1) is 6.08 Å². The van der Waals surface area contributed by atoms with E-state index in [2.05, 4.69) is 16.0 Å². The van der Waals surface area contributed by atoms with Crippen LogP contribution in [0.3, 0.4) is 0 Å². The summed E-state index contributed by atoms with van der Waals surface area (Å²) in [6.07, 6.45) is 7.23. The predicted octanol–water partition coefficient (Wildman–Crippen LogP) is 0.396. The van der Waals surface area contributed by atoms with E-state index < -0.39 is 5.97 Å². The van der Waals surface area contributed by atoms with Crippen LogP contribution >= 0.6 is 0 Å². The van der Waals surface area contributed by atoms with Crippen LogP contribution in [0.4, 0.5) is 0 Å². The zero-order chi connectivity index (χ0) is 8.10. The second-order valence-corrected chi connectivity index (χ2v) is 1.90. The van der Waals surface area contributed by atoms with E-state index in [0.717, 1.165) is 6.08 Å². The predicted molar refractivity (Wildman–Crippen MR) is 37.7 cm³/mol. The van der Waals surface area contributed by atoms with Crippen molar-refractivity contribution in [3.63, 3.8) is 0 Å². The number of carboxylic acid groups (broad SMARTS) is 1. The zero-order valence-electron chi connectivity index (χ0n) is 5.74. The second kappa shape index (κ2) is 3.55. The number of H-pyrrole nitrogens is 1. The van der Waals surface area contributed by atoms with Gasteiger partial charge >= 0.3 is 5.97 Å². The summed E-state index contributed by atoms with van der Waals surface area (Å²) in [6, 6.07) is 0. The standard InChI is InChI=1S/C7H7N2O2/c10-7(11)3-1-2-6-8-4-5-9-6/h3-5H,2H2,(H,8,9)(H,10,11). The fourth-order valence-electron chi connectivity index (χ4n) is 0.630. The monoisotopic (exact) mass is 151 g/mol. The number of aromatic nitrogens is 2. The molecular formula is C7H7N2O2. The number of nitrogens with zero attached hydrogens (tertiary/aromatic N) is 1. The van der Waals surface area contributed by atoms with Crippen LogP contribution < -0.4 is 0 Å². The van der Waals surface area contributed by atoms with Crippen molar-refractivity contribution in [2.24, 2.45) is 0 Å². The number of carboxylic acids is 1. The fourth-order valence-corrected chi connectivity index (χ4v) is 0.630. The normalized spacial score (nSPS) is 10.5. The van der Waals surface area contributed by atoms with E-state index in [-0.39, 0.29) is 0 Å². The van der Waals surface area contributed by atoms with Gasteiger partial charge in [-0.15, -0.1) is 0 Å². The van der Waals surface area contributed by atoms with Crippen LogP contribution in [0.25, 0.3) is 0 Å².